The van der Waals surface area contributed by atoms with Crippen LogP contribution in [0.3, 0.4) is 0 Å². The van der Waals surface area contributed by atoms with Gasteiger partial charge in [0.15, 0.2) is 5.82 Å². The summed E-state index contributed by atoms with van der Waals surface area (Å²) in [4.78, 5) is 9.26. The van der Waals surface area contributed by atoms with Gasteiger partial charge in [0.2, 0.25) is 5.16 Å². The van der Waals surface area contributed by atoms with Crippen molar-refractivity contribution < 1.29 is 4.74 Å². The highest BCUT2D eigenvalue weighted by atomic mass is 35.5. The van der Waals surface area contributed by atoms with Gasteiger partial charge in [-0.1, -0.05) is 35.5 Å². The number of hydrogen-bond acceptors (Lipinski definition) is 6. The molecule has 4 aromatic rings. The first-order valence-electron chi connectivity index (χ1n) is 8.57. The van der Waals surface area contributed by atoms with Gasteiger partial charge >= 0.3 is 0 Å². The monoisotopic (exact) mass is 428 g/mol. The van der Waals surface area contributed by atoms with E-state index in [9.17, 15) is 0 Å². The number of thioether (sulfide) groups is 1. The van der Waals surface area contributed by atoms with Crippen LogP contribution in [-0.2, 0) is 12.2 Å². The first kappa shape index (κ1) is 19.0. The van der Waals surface area contributed by atoms with E-state index >= 15 is 0 Å². The molecular weight excluding hydrogens is 412 g/mol. The van der Waals surface area contributed by atoms with E-state index in [2.05, 4.69) is 20.6 Å². The van der Waals surface area contributed by atoms with E-state index in [-0.39, 0.29) is 0 Å². The summed E-state index contributed by atoms with van der Waals surface area (Å²) < 4.78 is 5.18. The molecule has 0 saturated carbocycles. The maximum absolute atomic E-state index is 5.94. The summed E-state index contributed by atoms with van der Waals surface area (Å²) >= 11 is 9.18. The zero-order valence-electron chi connectivity index (χ0n) is 15.1. The van der Waals surface area contributed by atoms with E-state index in [1.807, 2.05) is 48.5 Å². The number of thiazole rings is 1. The van der Waals surface area contributed by atoms with Crippen LogP contribution in [0.2, 0.25) is 5.02 Å². The second-order valence-corrected chi connectivity index (χ2v) is 8.34. The van der Waals surface area contributed by atoms with Gasteiger partial charge in [-0.25, -0.2) is 9.97 Å². The topological polar surface area (TPSA) is 63.7 Å². The highest BCUT2D eigenvalue weighted by Crippen LogP contribution is 2.25. The van der Waals surface area contributed by atoms with E-state index in [4.69, 9.17) is 21.3 Å². The number of rotatable bonds is 7. The average Bonchev–Trinajstić information content (AvgIpc) is 3.38. The zero-order chi connectivity index (χ0) is 19.3. The lowest BCUT2D eigenvalue weighted by Gasteiger charge is -1.99. The third-order valence-corrected chi connectivity index (χ3v) is 6.08. The van der Waals surface area contributed by atoms with Gasteiger partial charge in [0.05, 0.1) is 17.8 Å². The fraction of sp³-hybridized carbons (Fsp3) is 0.150. The number of nitrogens with one attached hydrogen (secondary N) is 1. The van der Waals surface area contributed by atoms with Crippen LogP contribution < -0.4 is 4.74 Å². The standard InChI is InChI=1S/C20H17ClN4OS2/c1-26-17-8-4-14(5-9-17)19-23-20(25-24-19)28-12-16-11-27-18(22-16)10-13-2-6-15(21)7-3-13/h2-9,11H,10,12H2,1H3,(H,23,24,25). The van der Waals surface area contributed by atoms with Crippen LogP contribution in [0.5, 0.6) is 5.75 Å². The Kier molecular flexibility index (Phi) is 5.95. The Hall–Kier alpha value is -2.35. The molecule has 142 valence electrons. The molecule has 0 bridgehead atoms. The second-order valence-electron chi connectivity index (χ2n) is 6.02. The minimum Gasteiger partial charge on any atom is -0.497 e. The zero-order valence-corrected chi connectivity index (χ0v) is 17.4. The molecule has 2 aromatic heterocycles. The predicted molar refractivity (Wildman–Crippen MR) is 114 cm³/mol. The highest BCUT2D eigenvalue weighted by molar-refractivity contribution is 7.98. The Morgan fingerprint density at radius 2 is 1.86 bits per heavy atom. The molecule has 0 spiro atoms. The van der Waals surface area contributed by atoms with E-state index in [1.165, 1.54) is 5.56 Å². The first-order chi connectivity index (χ1) is 13.7. The number of aromatic amines is 1. The molecule has 0 unspecified atom stereocenters. The molecule has 2 aromatic carbocycles. The highest BCUT2D eigenvalue weighted by Gasteiger charge is 2.09. The Morgan fingerprint density at radius 1 is 1.07 bits per heavy atom. The maximum atomic E-state index is 5.94. The van der Waals surface area contributed by atoms with Gasteiger partial charge in [-0.15, -0.1) is 16.4 Å². The van der Waals surface area contributed by atoms with E-state index in [0.717, 1.165) is 45.0 Å². The Bertz CT molecular complexity index is 1040. The Morgan fingerprint density at radius 3 is 2.61 bits per heavy atom. The Balaban J connectivity index is 1.35. The average molecular weight is 429 g/mol. The molecule has 0 fully saturated rings. The van der Waals surface area contributed by atoms with Crippen molar-refractivity contribution in [1.29, 1.82) is 0 Å². The second kappa shape index (κ2) is 8.77. The quantitative estimate of drug-likeness (QED) is 0.395. The van der Waals surface area contributed by atoms with Crippen LogP contribution in [-0.4, -0.2) is 27.3 Å². The Labute approximate surface area is 176 Å². The van der Waals surface area contributed by atoms with Crippen LogP contribution >= 0.6 is 34.7 Å². The minimum atomic E-state index is 0.707. The van der Waals surface area contributed by atoms with Crippen LogP contribution in [0, 0.1) is 0 Å². The number of H-pyrrole nitrogens is 1. The summed E-state index contributed by atoms with van der Waals surface area (Å²) in [5, 5.41) is 11.9. The summed E-state index contributed by atoms with van der Waals surface area (Å²) in [6.45, 7) is 0. The molecule has 4 rings (SSSR count). The molecule has 0 aliphatic rings. The van der Waals surface area contributed by atoms with E-state index in [0.29, 0.717) is 5.16 Å². The number of halogens is 1. The predicted octanol–water partition coefficient (Wildman–Crippen LogP) is 5.47. The number of ether oxygens (including phenoxy) is 1. The molecule has 1 N–H and O–H groups in total. The molecule has 0 amide bonds. The van der Waals surface area contributed by atoms with Gasteiger partial charge in [-0.3, -0.25) is 5.10 Å². The first-order valence-corrected chi connectivity index (χ1v) is 10.8. The lowest BCUT2D eigenvalue weighted by atomic mass is 10.2. The van der Waals surface area contributed by atoms with Crippen LogP contribution in [0.1, 0.15) is 16.3 Å². The minimum absolute atomic E-state index is 0.707. The molecule has 0 saturated heterocycles. The third-order valence-electron chi connectivity index (χ3n) is 4.05. The normalized spacial score (nSPS) is 10.9. The lowest BCUT2D eigenvalue weighted by molar-refractivity contribution is 0.415. The lowest BCUT2D eigenvalue weighted by Crippen LogP contribution is -1.88. The molecule has 2 heterocycles. The third kappa shape index (κ3) is 4.73. The summed E-state index contributed by atoms with van der Waals surface area (Å²) in [6.07, 6.45) is 0.814. The van der Waals surface area contributed by atoms with Gasteiger partial charge in [-0.2, -0.15) is 0 Å². The van der Waals surface area contributed by atoms with Crippen molar-refractivity contribution in [1.82, 2.24) is 20.2 Å². The van der Waals surface area contributed by atoms with Crippen molar-refractivity contribution in [2.75, 3.05) is 7.11 Å². The number of aromatic nitrogens is 4. The molecular formula is C20H17ClN4OS2. The van der Waals surface area contributed by atoms with E-state index in [1.54, 1.807) is 30.2 Å². The molecule has 5 nitrogen and oxygen atoms in total. The smallest absolute Gasteiger partial charge is 0.209 e. The molecule has 8 heteroatoms. The molecule has 0 atom stereocenters. The molecule has 28 heavy (non-hydrogen) atoms. The molecule has 0 radical (unpaired) electrons. The summed E-state index contributed by atoms with van der Waals surface area (Å²) in [5.41, 5.74) is 3.21. The van der Waals surface area contributed by atoms with Gasteiger partial charge < -0.3 is 4.74 Å². The fourth-order valence-corrected chi connectivity index (χ4v) is 4.35. The van der Waals surface area contributed by atoms with Crippen molar-refractivity contribution in [3.05, 3.63) is 75.2 Å². The number of methoxy groups -OCH3 is 1. The van der Waals surface area contributed by atoms with Gasteiger partial charge in [0.25, 0.3) is 0 Å². The summed E-state index contributed by atoms with van der Waals surface area (Å²) in [5.74, 6) is 2.29. The number of hydrogen-bond donors (Lipinski definition) is 1. The van der Waals surface area contributed by atoms with Gasteiger partial charge in [0, 0.05) is 28.1 Å². The largest absolute Gasteiger partial charge is 0.497 e. The fourth-order valence-electron chi connectivity index (χ4n) is 2.60. The van der Waals surface area contributed by atoms with Crippen molar-refractivity contribution in [3.8, 4) is 17.1 Å². The van der Waals surface area contributed by atoms with Crippen molar-refractivity contribution in [2.45, 2.75) is 17.3 Å². The van der Waals surface area contributed by atoms with Gasteiger partial charge in [0.1, 0.15) is 5.75 Å². The van der Waals surface area contributed by atoms with Crippen molar-refractivity contribution in [3.63, 3.8) is 0 Å². The van der Waals surface area contributed by atoms with Crippen LogP contribution in [0.4, 0.5) is 0 Å². The van der Waals surface area contributed by atoms with E-state index < -0.39 is 0 Å². The summed E-state index contributed by atoms with van der Waals surface area (Å²) in [7, 11) is 1.65. The molecule has 0 aliphatic heterocycles. The van der Waals surface area contributed by atoms with Crippen LogP contribution in [0.15, 0.2) is 59.1 Å². The van der Waals surface area contributed by atoms with Gasteiger partial charge in [-0.05, 0) is 42.0 Å². The van der Waals surface area contributed by atoms with Crippen LogP contribution in [0.25, 0.3) is 11.4 Å². The number of nitrogens with zero attached hydrogens (tertiary/aromatic N) is 3. The van der Waals surface area contributed by atoms with Crippen molar-refractivity contribution >= 4 is 34.7 Å². The molecule has 0 aliphatic carbocycles. The number of benzene rings is 2. The summed E-state index contributed by atoms with van der Waals surface area (Å²) in [6, 6.07) is 15.6. The van der Waals surface area contributed by atoms with Crippen molar-refractivity contribution in [2.24, 2.45) is 0 Å². The SMILES string of the molecule is COc1ccc(-c2nc(SCc3csc(Cc4ccc(Cl)cc4)n3)n[nH]2)cc1. The maximum Gasteiger partial charge on any atom is 0.209 e.